The van der Waals surface area contributed by atoms with E-state index in [2.05, 4.69) is 5.32 Å². The van der Waals surface area contributed by atoms with Crippen molar-refractivity contribution in [2.24, 2.45) is 0 Å². The first-order valence-corrected chi connectivity index (χ1v) is 10.4. The zero-order valence-electron chi connectivity index (χ0n) is 15.9. The van der Waals surface area contributed by atoms with E-state index in [-0.39, 0.29) is 10.6 Å². The number of aryl methyl sites for hydroxylation is 1. The van der Waals surface area contributed by atoms with Crippen molar-refractivity contribution in [3.8, 4) is 11.5 Å². The van der Waals surface area contributed by atoms with Gasteiger partial charge in [0.1, 0.15) is 4.90 Å². The van der Waals surface area contributed by atoms with E-state index in [0.717, 1.165) is 16.8 Å². The molecule has 5 nitrogen and oxygen atoms in total. The molecule has 6 heteroatoms. The lowest BCUT2D eigenvalue weighted by molar-refractivity contribution is 0.327. The summed E-state index contributed by atoms with van der Waals surface area (Å²) in [6.45, 7) is 4.71. The zero-order chi connectivity index (χ0) is 20.0. The first-order chi connectivity index (χ1) is 13.5. The SMILES string of the molecule is CCOc1cc(CNc2ccccc2)ccc1OS(=O)(=O)c1ccc(C)cc1. The van der Waals surface area contributed by atoms with Crippen LogP contribution in [0.5, 0.6) is 11.5 Å². The molecule has 0 heterocycles. The second-order valence-electron chi connectivity index (χ2n) is 6.28. The van der Waals surface area contributed by atoms with Crippen molar-refractivity contribution in [2.75, 3.05) is 11.9 Å². The minimum Gasteiger partial charge on any atom is -0.490 e. The van der Waals surface area contributed by atoms with Crippen molar-refractivity contribution in [1.82, 2.24) is 0 Å². The average Bonchev–Trinajstić information content (AvgIpc) is 2.69. The summed E-state index contributed by atoms with van der Waals surface area (Å²) in [7, 11) is -3.93. The molecule has 0 atom stereocenters. The van der Waals surface area contributed by atoms with Gasteiger partial charge in [0.25, 0.3) is 0 Å². The Kier molecular flexibility index (Phi) is 6.21. The van der Waals surface area contributed by atoms with Crippen molar-refractivity contribution in [3.63, 3.8) is 0 Å². The first kappa shape index (κ1) is 19.8. The molecule has 0 fully saturated rings. The number of hydrogen-bond acceptors (Lipinski definition) is 5. The van der Waals surface area contributed by atoms with Crippen LogP contribution in [0, 0.1) is 6.92 Å². The van der Waals surface area contributed by atoms with Crippen molar-refractivity contribution in [2.45, 2.75) is 25.3 Å². The minimum absolute atomic E-state index is 0.107. The van der Waals surface area contributed by atoms with Crippen molar-refractivity contribution in [1.29, 1.82) is 0 Å². The highest BCUT2D eigenvalue weighted by Crippen LogP contribution is 2.31. The van der Waals surface area contributed by atoms with Gasteiger partial charge in [0.15, 0.2) is 11.5 Å². The van der Waals surface area contributed by atoms with Gasteiger partial charge in [-0.2, -0.15) is 8.42 Å². The number of nitrogens with one attached hydrogen (secondary N) is 1. The fourth-order valence-electron chi connectivity index (χ4n) is 2.63. The molecular formula is C22H23NO4S. The molecule has 0 spiro atoms. The van der Waals surface area contributed by atoms with E-state index < -0.39 is 10.1 Å². The van der Waals surface area contributed by atoms with Crippen LogP contribution in [0.25, 0.3) is 0 Å². The number of para-hydroxylation sites is 1. The maximum Gasteiger partial charge on any atom is 0.339 e. The van der Waals surface area contributed by atoms with E-state index in [1.54, 1.807) is 24.3 Å². The van der Waals surface area contributed by atoms with Crippen LogP contribution in [-0.4, -0.2) is 15.0 Å². The molecule has 0 amide bonds. The summed E-state index contributed by atoms with van der Waals surface area (Å²) in [4.78, 5) is 0.107. The highest BCUT2D eigenvalue weighted by Gasteiger charge is 2.19. The number of benzene rings is 3. The molecule has 0 aromatic heterocycles. The maximum absolute atomic E-state index is 12.6. The van der Waals surface area contributed by atoms with Gasteiger partial charge >= 0.3 is 10.1 Å². The Bertz CT molecular complexity index is 1020. The fraction of sp³-hybridized carbons (Fsp3) is 0.182. The predicted molar refractivity (Wildman–Crippen MR) is 110 cm³/mol. The van der Waals surface area contributed by atoms with Crippen LogP contribution in [-0.2, 0) is 16.7 Å². The third-order valence-corrected chi connectivity index (χ3v) is 5.34. The summed E-state index contributed by atoms with van der Waals surface area (Å²) in [5.74, 6) is 0.566. The first-order valence-electron chi connectivity index (χ1n) is 9.04. The van der Waals surface area contributed by atoms with E-state index in [1.165, 1.54) is 12.1 Å². The molecular weight excluding hydrogens is 374 g/mol. The Morgan fingerprint density at radius 1 is 0.893 bits per heavy atom. The summed E-state index contributed by atoms with van der Waals surface area (Å²) >= 11 is 0. The van der Waals surface area contributed by atoms with Gasteiger partial charge in [0.2, 0.25) is 0 Å². The molecule has 0 radical (unpaired) electrons. The van der Waals surface area contributed by atoms with Crippen LogP contribution in [0.15, 0.2) is 77.7 Å². The van der Waals surface area contributed by atoms with Gasteiger partial charge in [0, 0.05) is 12.2 Å². The molecule has 28 heavy (non-hydrogen) atoms. The summed E-state index contributed by atoms with van der Waals surface area (Å²) in [5, 5.41) is 3.31. The molecule has 3 aromatic rings. The number of ether oxygens (including phenoxy) is 1. The fourth-order valence-corrected chi connectivity index (χ4v) is 3.57. The lowest BCUT2D eigenvalue weighted by Gasteiger charge is -2.14. The lowest BCUT2D eigenvalue weighted by Crippen LogP contribution is -2.11. The Morgan fingerprint density at radius 2 is 1.61 bits per heavy atom. The van der Waals surface area contributed by atoms with E-state index in [0.29, 0.717) is 18.9 Å². The van der Waals surface area contributed by atoms with Crippen LogP contribution in [0.3, 0.4) is 0 Å². The van der Waals surface area contributed by atoms with E-state index in [4.69, 9.17) is 8.92 Å². The molecule has 146 valence electrons. The Hall–Kier alpha value is -2.99. The smallest absolute Gasteiger partial charge is 0.339 e. The Morgan fingerprint density at radius 3 is 2.29 bits per heavy atom. The van der Waals surface area contributed by atoms with Crippen LogP contribution >= 0.6 is 0 Å². The standard InChI is InChI=1S/C22H23NO4S/c1-3-26-22-15-18(16-23-19-7-5-4-6-8-19)11-14-21(22)27-28(24,25)20-12-9-17(2)10-13-20/h4-15,23H,3,16H2,1-2H3. The van der Waals surface area contributed by atoms with Gasteiger partial charge in [0.05, 0.1) is 6.61 Å². The minimum atomic E-state index is -3.93. The van der Waals surface area contributed by atoms with Crippen molar-refractivity contribution < 1.29 is 17.3 Å². The van der Waals surface area contributed by atoms with Crippen molar-refractivity contribution in [3.05, 3.63) is 83.9 Å². The molecule has 0 saturated heterocycles. The van der Waals surface area contributed by atoms with E-state index in [9.17, 15) is 8.42 Å². The molecule has 1 N–H and O–H groups in total. The molecule has 0 saturated carbocycles. The van der Waals surface area contributed by atoms with E-state index in [1.807, 2.05) is 50.2 Å². The summed E-state index contributed by atoms with van der Waals surface area (Å²) in [6.07, 6.45) is 0. The van der Waals surface area contributed by atoms with Crippen LogP contribution in [0.2, 0.25) is 0 Å². The molecule has 0 aliphatic heterocycles. The zero-order valence-corrected chi connectivity index (χ0v) is 16.7. The highest BCUT2D eigenvalue weighted by molar-refractivity contribution is 7.87. The van der Waals surface area contributed by atoms with Gasteiger partial charge < -0.3 is 14.2 Å². The molecule has 3 aromatic carbocycles. The topological polar surface area (TPSA) is 64.6 Å². The summed E-state index contributed by atoms with van der Waals surface area (Å²) < 4.78 is 36.1. The molecule has 3 rings (SSSR count). The Balaban J connectivity index is 1.79. The quantitative estimate of drug-likeness (QED) is 0.555. The number of rotatable bonds is 8. The van der Waals surface area contributed by atoms with Gasteiger partial charge in [-0.05, 0) is 55.8 Å². The van der Waals surface area contributed by atoms with Gasteiger partial charge in [-0.1, -0.05) is 42.0 Å². The van der Waals surface area contributed by atoms with E-state index >= 15 is 0 Å². The normalized spacial score (nSPS) is 11.1. The van der Waals surface area contributed by atoms with Crippen LogP contribution in [0.4, 0.5) is 5.69 Å². The second kappa shape index (κ2) is 8.80. The Labute approximate surface area is 166 Å². The molecule has 0 unspecified atom stereocenters. The number of anilines is 1. The van der Waals surface area contributed by atoms with Gasteiger partial charge in [-0.15, -0.1) is 0 Å². The monoisotopic (exact) mass is 397 g/mol. The second-order valence-corrected chi connectivity index (χ2v) is 7.83. The average molecular weight is 397 g/mol. The van der Waals surface area contributed by atoms with Gasteiger partial charge in [-0.25, -0.2) is 0 Å². The summed E-state index contributed by atoms with van der Waals surface area (Å²) in [5.41, 5.74) is 2.93. The predicted octanol–water partition coefficient (Wildman–Crippen LogP) is 4.77. The maximum atomic E-state index is 12.6. The number of hydrogen-bond donors (Lipinski definition) is 1. The highest BCUT2D eigenvalue weighted by atomic mass is 32.2. The summed E-state index contributed by atoms with van der Waals surface area (Å²) in [6, 6.07) is 21.6. The largest absolute Gasteiger partial charge is 0.490 e. The molecule has 0 aliphatic rings. The van der Waals surface area contributed by atoms with Crippen LogP contribution < -0.4 is 14.2 Å². The van der Waals surface area contributed by atoms with Crippen LogP contribution in [0.1, 0.15) is 18.1 Å². The van der Waals surface area contributed by atoms with Crippen molar-refractivity contribution >= 4 is 15.8 Å². The third kappa shape index (κ3) is 5.04. The molecule has 0 aliphatic carbocycles. The molecule has 0 bridgehead atoms. The lowest BCUT2D eigenvalue weighted by atomic mass is 10.2. The third-order valence-electron chi connectivity index (χ3n) is 4.09. The van der Waals surface area contributed by atoms with Gasteiger partial charge in [-0.3, -0.25) is 0 Å².